The smallest absolute Gasteiger partial charge is 0.331 e. The quantitative estimate of drug-likeness (QED) is 0.590. The molecule has 0 bridgehead atoms. The summed E-state index contributed by atoms with van der Waals surface area (Å²) in [6.07, 6.45) is 2.96. The molecule has 1 aromatic rings. The molecule has 0 radical (unpaired) electrons. The average molecular weight is 251 g/mol. The van der Waals surface area contributed by atoms with E-state index < -0.39 is 5.97 Å². The zero-order valence-corrected chi connectivity index (χ0v) is 11.0. The van der Waals surface area contributed by atoms with Crippen LogP contribution in [0.3, 0.4) is 0 Å². The number of hydrogen-bond donors (Lipinski definition) is 0. The van der Waals surface area contributed by atoms with E-state index in [9.17, 15) is 4.79 Å². The highest BCUT2D eigenvalue weighted by atomic mass is 16.5. The van der Waals surface area contributed by atoms with Crippen molar-refractivity contribution in [1.29, 1.82) is 0 Å². The van der Waals surface area contributed by atoms with Crippen molar-refractivity contribution in [1.82, 2.24) is 0 Å². The minimum Gasteiger partial charge on any atom is -0.493 e. The van der Waals surface area contributed by atoms with Gasteiger partial charge in [-0.05, 0) is 12.1 Å². The van der Waals surface area contributed by atoms with Crippen LogP contribution in [0.15, 0.2) is 30.5 Å². The Kier molecular flexibility index (Phi) is 5.05. The van der Waals surface area contributed by atoms with Crippen molar-refractivity contribution in [2.75, 3.05) is 33.3 Å². The van der Waals surface area contributed by atoms with Crippen LogP contribution in [0.5, 0.6) is 11.5 Å². The van der Waals surface area contributed by atoms with Gasteiger partial charge in [0.05, 0.1) is 21.3 Å². The number of carbonyl (C=O) groups is 1. The van der Waals surface area contributed by atoms with Crippen molar-refractivity contribution in [2.24, 2.45) is 0 Å². The molecule has 0 atom stereocenters. The number of hydrogen-bond acceptors (Lipinski definition) is 5. The van der Waals surface area contributed by atoms with Crippen molar-refractivity contribution in [3.8, 4) is 11.5 Å². The van der Waals surface area contributed by atoms with Crippen LogP contribution in [-0.2, 0) is 9.53 Å². The van der Waals surface area contributed by atoms with Gasteiger partial charge in [-0.15, -0.1) is 0 Å². The van der Waals surface area contributed by atoms with E-state index in [1.54, 1.807) is 31.4 Å². The molecule has 0 amide bonds. The minimum absolute atomic E-state index is 0.401. The lowest BCUT2D eigenvalue weighted by Crippen LogP contribution is -2.09. The highest BCUT2D eigenvalue weighted by molar-refractivity contribution is 5.82. The molecule has 0 heterocycles. The van der Waals surface area contributed by atoms with E-state index in [4.69, 9.17) is 9.47 Å². The molecule has 0 N–H and O–H groups in total. The molecular formula is C13H17NO4. The van der Waals surface area contributed by atoms with Crippen LogP contribution in [0.1, 0.15) is 0 Å². The number of rotatable bonds is 5. The van der Waals surface area contributed by atoms with Gasteiger partial charge in [0.1, 0.15) is 0 Å². The van der Waals surface area contributed by atoms with Crippen LogP contribution in [0.25, 0.3) is 0 Å². The Morgan fingerprint density at radius 3 is 2.39 bits per heavy atom. The lowest BCUT2D eigenvalue weighted by atomic mass is 10.2. The molecule has 0 saturated heterocycles. The van der Waals surface area contributed by atoms with Gasteiger partial charge in [0.2, 0.25) is 0 Å². The van der Waals surface area contributed by atoms with Gasteiger partial charge in [0, 0.05) is 31.1 Å². The molecule has 0 aliphatic carbocycles. The molecule has 0 aliphatic heterocycles. The van der Waals surface area contributed by atoms with Crippen LogP contribution in [0.4, 0.5) is 5.69 Å². The van der Waals surface area contributed by atoms with Gasteiger partial charge in [-0.3, -0.25) is 0 Å². The summed E-state index contributed by atoms with van der Waals surface area (Å²) >= 11 is 0. The molecule has 5 heteroatoms. The predicted octanol–water partition coefficient (Wildman–Crippen LogP) is 1.83. The predicted molar refractivity (Wildman–Crippen MR) is 69.1 cm³/mol. The maximum absolute atomic E-state index is 11.0. The van der Waals surface area contributed by atoms with Crippen LogP contribution in [-0.4, -0.2) is 34.3 Å². The summed E-state index contributed by atoms with van der Waals surface area (Å²) in [4.78, 5) is 12.8. The van der Waals surface area contributed by atoms with Gasteiger partial charge in [-0.25, -0.2) is 4.79 Å². The van der Waals surface area contributed by atoms with Crippen LogP contribution < -0.4 is 14.4 Å². The Morgan fingerprint density at radius 2 is 1.83 bits per heavy atom. The molecule has 0 saturated carbocycles. The highest BCUT2D eigenvalue weighted by Crippen LogP contribution is 2.31. The van der Waals surface area contributed by atoms with Gasteiger partial charge < -0.3 is 19.1 Å². The number of benzene rings is 1. The van der Waals surface area contributed by atoms with E-state index in [-0.39, 0.29) is 0 Å². The van der Waals surface area contributed by atoms with E-state index in [0.29, 0.717) is 11.5 Å². The lowest BCUT2D eigenvalue weighted by Gasteiger charge is -2.16. The standard InChI is InChI=1S/C13H17NO4/c1-14(8-7-13(15)18-4)10-5-6-11(16-2)12(9-10)17-3/h5-9H,1-4H3/b8-7+. The van der Waals surface area contributed by atoms with E-state index in [2.05, 4.69) is 4.74 Å². The number of nitrogens with zero attached hydrogens (tertiary/aromatic N) is 1. The molecule has 0 unspecified atom stereocenters. The van der Waals surface area contributed by atoms with Gasteiger partial charge in [-0.2, -0.15) is 0 Å². The van der Waals surface area contributed by atoms with Crippen molar-refractivity contribution in [3.63, 3.8) is 0 Å². The van der Waals surface area contributed by atoms with E-state index in [1.807, 2.05) is 19.2 Å². The second-order valence-electron chi connectivity index (χ2n) is 3.49. The third-order valence-corrected chi connectivity index (χ3v) is 2.41. The summed E-state index contributed by atoms with van der Waals surface area (Å²) < 4.78 is 14.9. The minimum atomic E-state index is -0.401. The second kappa shape index (κ2) is 6.54. The van der Waals surface area contributed by atoms with Crippen LogP contribution in [0, 0.1) is 0 Å². The molecule has 0 spiro atoms. The first-order valence-corrected chi connectivity index (χ1v) is 5.33. The largest absolute Gasteiger partial charge is 0.493 e. The van der Waals surface area contributed by atoms with Gasteiger partial charge in [0.15, 0.2) is 11.5 Å². The van der Waals surface area contributed by atoms with E-state index in [0.717, 1.165) is 5.69 Å². The van der Waals surface area contributed by atoms with Crippen LogP contribution >= 0.6 is 0 Å². The molecule has 1 rings (SSSR count). The summed E-state index contributed by atoms with van der Waals surface area (Å²) in [6.45, 7) is 0. The number of methoxy groups -OCH3 is 3. The third-order valence-electron chi connectivity index (χ3n) is 2.41. The summed E-state index contributed by atoms with van der Waals surface area (Å²) in [7, 11) is 6.31. The van der Waals surface area contributed by atoms with Crippen molar-refractivity contribution < 1.29 is 19.0 Å². The fourth-order valence-corrected chi connectivity index (χ4v) is 1.37. The number of carbonyl (C=O) groups excluding carboxylic acids is 1. The zero-order chi connectivity index (χ0) is 13.5. The fourth-order valence-electron chi connectivity index (χ4n) is 1.37. The monoisotopic (exact) mass is 251 g/mol. The first kappa shape index (κ1) is 13.9. The third kappa shape index (κ3) is 3.41. The summed E-state index contributed by atoms with van der Waals surface area (Å²) in [5.41, 5.74) is 0.868. The Hall–Kier alpha value is -2.17. The molecule has 0 aliphatic rings. The maximum atomic E-state index is 11.0. The summed E-state index contributed by atoms with van der Waals surface area (Å²) in [5.74, 6) is 0.891. The molecule has 18 heavy (non-hydrogen) atoms. The van der Waals surface area contributed by atoms with Crippen molar-refractivity contribution >= 4 is 11.7 Å². The molecule has 0 aromatic heterocycles. The Labute approximate surface area is 107 Å². The number of esters is 1. The van der Waals surface area contributed by atoms with Gasteiger partial charge in [-0.1, -0.05) is 0 Å². The molecule has 98 valence electrons. The molecule has 5 nitrogen and oxygen atoms in total. The average Bonchev–Trinajstić information content (AvgIpc) is 2.43. The van der Waals surface area contributed by atoms with Gasteiger partial charge >= 0.3 is 5.97 Å². The Bertz CT molecular complexity index is 443. The maximum Gasteiger partial charge on any atom is 0.331 e. The van der Waals surface area contributed by atoms with Crippen LogP contribution in [0.2, 0.25) is 0 Å². The van der Waals surface area contributed by atoms with E-state index in [1.165, 1.54) is 13.2 Å². The van der Waals surface area contributed by atoms with Gasteiger partial charge in [0.25, 0.3) is 0 Å². The Balaban J connectivity index is 2.89. The first-order chi connectivity index (χ1) is 8.62. The molecule has 0 fully saturated rings. The zero-order valence-electron chi connectivity index (χ0n) is 11.0. The number of ether oxygens (including phenoxy) is 3. The summed E-state index contributed by atoms with van der Waals surface area (Å²) in [6, 6.07) is 5.49. The molecular weight excluding hydrogens is 234 g/mol. The van der Waals surface area contributed by atoms with Crippen molar-refractivity contribution in [2.45, 2.75) is 0 Å². The van der Waals surface area contributed by atoms with E-state index >= 15 is 0 Å². The lowest BCUT2D eigenvalue weighted by molar-refractivity contribution is -0.134. The topological polar surface area (TPSA) is 48.0 Å². The molecule has 1 aromatic carbocycles. The fraction of sp³-hybridized carbons (Fsp3) is 0.308. The summed E-state index contributed by atoms with van der Waals surface area (Å²) in [5, 5.41) is 0. The Morgan fingerprint density at radius 1 is 1.17 bits per heavy atom. The SMILES string of the molecule is COC(=O)/C=C/N(C)c1ccc(OC)c(OC)c1. The first-order valence-electron chi connectivity index (χ1n) is 5.33. The van der Waals surface area contributed by atoms with Crippen molar-refractivity contribution in [3.05, 3.63) is 30.5 Å². The normalized spacial score (nSPS) is 10.2. The highest BCUT2D eigenvalue weighted by Gasteiger charge is 2.06. The second-order valence-corrected chi connectivity index (χ2v) is 3.49. The number of anilines is 1.